The summed E-state index contributed by atoms with van der Waals surface area (Å²) in [4.78, 5) is 25.5. The summed E-state index contributed by atoms with van der Waals surface area (Å²) in [5.74, 6) is -0.967. The van der Waals surface area contributed by atoms with Crippen LogP contribution in [0.2, 0.25) is 0 Å². The predicted molar refractivity (Wildman–Crippen MR) is 106 cm³/mol. The summed E-state index contributed by atoms with van der Waals surface area (Å²) in [5.41, 5.74) is -0.486. The molecule has 156 valence electrons. The minimum Gasteiger partial charge on any atom is -0.463 e. The lowest BCUT2D eigenvalue weighted by Gasteiger charge is -2.38. The standard InChI is InChI=1S/C22H27FN2O4/c1-5-28-19(26)9-7-16-6-8-17(23)14-18(16)22(15-24)10-12-25(13-11-22)20(27)29-21(2,3)4/h6-9,14H,5,10-13H2,1-4H3/b9-7+. The van der Waals surface area contributed by atoms with Crippen LogP contribution in [0.25, 0.3) is 6.08 Å². The number of nitrogens with zero attached hydrogens (tertiary/aromatic N) is 2. The molecule has 1 heterocycles. The molecule has 1 aromatic rings. The summed E-state index contributed by atoms with van der Waals surface area (Å²) in [7, 11) is 0. The van der Waals surface area contributed by atoms with Gasteiger partial charge in [-0.3, -0.25) is 0 Å². The summed E-state index contributed by atoms with van der Waals surface area (Å²) in [6.45, 7) is 7.98. The van der Waals surface area contributed by atoms with Gasteiger partial charge in [-0.1, -0.05) is 6.07 Å². The van der Waals surface area contributed by atoms with Gasteiger partial charge < -0.3 is 14.4 Å². The van der Waals surface area contributed by atoms with Crippen molar-refractivity contribution in [2.45, 2.75) is 51.6 Å². The predicted octanol–water partition coefficient (Wildman–Crippen LogP) is 4.19. The Bertz CT molecular complexity index is 828. The molecule has 7 heteroatoms. The molecule has 0 saturated carbocycles. The number of ether oxygens (including phenoxy) is 2. The van der Waals surface area contributed by atoms with E-state index < -0.39 is 28.9 Å². The van der Waals surface area contributed by atoms with Crippen molar-refractivity contribution in [2.24, 2.45) is 0 Å². The van der Waals surface area contributed by atoms with Crippen LogP contribution in [0.1, 0.15) is 51.7 Å². The Balaban J connectivity index is 2.26. The second kappa shape index (κ2) is 9.08. The van der Waals surface area contributed by atoms with Crippen molar-refractivity contribution in [3.05, 3.63) is 41.2 Å². The number of hydrogen-bond acceptors (Lipinski definition) is 5. The maximum Gasteiger partial charge on any atom is 0.410 e. The van der Waals surface area contributed by atoms with Crippen molar-refractivity contribution in [1.29, 1.82) is 5.26 Å². The van der Waals surface area contributed by atoms with E-state index in [0.717, 1.165) is 0 Å². The van der Waals surface area contributed by atoms with E-state index in [1.807, 2.05) is 0 Å². The number of rotatable bonds is 4. The van der Waals surface area contributed by atoms with Crippen molar-refractivity contribution in [1.82, 2.24) is 4.90 Å². The molecule has 0 aliphatic carbocycles. The molecule has 1 saturated heterocycles. The summed E-state index contributed by atoms with van der Waals surface area (Å²) < 4.78 is 24.3. The first-order valence-corrected chi connectivity index (χ1v) is 9.64. The number of carbonyl (C=O) groups is 2. The number of carbonyl (C=O) groups excluding carboxylic acids is 2. The van der Waals surface area contributed by atoms with Gasteiger partial charge in [-0.05, 0) is 69.9 Å². The highest BCUT2D eigenvalue weighted by atomic mass is 19.1. The summed E-state index contributed by atoms with van der Waals surface area (Å²) >= 11 is 0. The Kier molecular flexibility index (Phi) is 7.02. The van der Waals surface area contributed by atoms with Crippen molar-refractivity contribution >= 4 is 18.1 Å². The van der Waals surface area contributed by atoms with E-state index >= 15 is 0 Å². The van der Waals surface area contributed by atoms with Gasteiger partial charge in [0.25, 0.3) is 0 Å². The van der Waals surface area contributed by atoms with Crippen molar-refractivity contribution in [3.8, 4) is 6.07 Å². The molecular weight excluding hydrogens is 375 g/mol. The fraction of sp³-hybridized carbons (Fsp3) is 0.500. The molecule has 6 nitrogen and oxygen atoms in total. The molecule has 1 aromatic carbocycles. The maximum atomic E-state index is 14.0. The molecule has 0 atom stereocenters. The van der Waals surface area contributed by atoms with E-state index in [-0.39, 0.29) is 6.61 Å². The average Bonchev–Trinajstić information content (AvgIpc) is 2.66. The largest absolute Gasteiger partial charge is 0.463 e. The highest BCUT2D eigenvalue weighted by molar-refractivity contribution is 5.87. The summed E-state index contributed by atoms with van der Waals surface area (Å²) in [5, 5.41) is 9.96. The van der Waals surface area contributed by atoms with E-state index in [0.29, 0.717) is 37.1 Å². The number of benzene rings is 1. The van der Waals surface area contributed by atoms with Crippen molar-refractivity contribution in [2.75, 3.05) is 19.7 Å². The van der Waals surface area contributed by atoms with E-state index in [1.165, 1.54) is 24.3 Å². The van der Waals surface area contributed by atoms with Gasteiger partial charge in [-0.2, -0.15) is 5.26 Å². The monoisotopic (exact) mass is 402 g/mol. The van der Waals surface area contributed by atoms with Gasteiger partial charge in [-0.25, -0.2) is 14.0 Å². The van der Waals surface area contributed by atoms with Crippen molar-refractivity contribution in [3.63, 3.8) is 0 Å². The number of nitriles is 1. The smallest absolute Gasteiger partial charge is 0.410 e. The molecule has 0 bridgehead atoms. The van der Waals surface area contributed by atoms with Gasteiger partial charge in [0.2, 0.25) is 0 Å². The lowest BCUT2D eigenvalue weighted by molar-refractivity contribution is -0.137. The van der Waals surface area contributed by atoms with E-state index in [1.54, 1.807) is 38.7 Å². The third kappa shape index (κ3) is 5.80. The minimum absolute atomic E-state index is 0.252. The first kappa shape index (κ1) is 22.4. The van der Waals surface area contributed by atoms with Crippen LogP contribution in [-0.4, -0.2) is 42.3 Å². The molecule has 29 heavy (non-hydrogen) atoms. The van der Waals surface area contributed by atoms with Crippen LogP contribution in [0.5, 0.6) is 0 Å². The average molecular weight is 402 g/mol. The number of halogens is 1. The van der Waals surface area contributed by atoms with Gasteiger partial charge in [0.05, 0.1) is 18.1 Å². The van der Waals surface area contributed by atoms with Crippen molar-refractivity contribution < 1.29 is 23.5 Å². The number of amides is 1. The molecule has 0 aromatic heterocycles. The maximum absolute atomic E-state index is 14.0. The number of esters is 1. The highest BCUT2D eigenvalue weighted by Crippen LogP contribution is 2.38. The lowest BCUT2D eigenvalue weighted by atomic mass is 9.72. The molecule has 0 radical (unpaired) electrons. The normalized spacial score (nSPS) is 16.3. The molecule has 0 N–H and O–H groups in total. The van der Waals surface area contributed by atoms with Gasteiger partial charge in [0.1, 0.15) is 11.4 Å². The molecule has 0 spiro atoms. The van der Waals surface area contributed by atoms with E-state index in [4.69, 9.17) is 9.47 Å². The van der Waals surface area contributed by atoms with Crippen LogP contribution >= 0.6 is 0 Å². The number of piperidine rings is 1. The Morgan fingerprint density at radius 1 is 1.31 bits per heavy atom. The topological polar surface area (TPSA) is 79.6 Å². The zero-order valence-corrected chi connectivity index (χ0v) is 17.3. The summed E-state index contributed by atoms with van der Waals surface area (Å²) in [6.07, 6.45) is 3.05. The van der Waals surface area contributed by atoms with Crippen LogP contribution in [-0.2, 0) is 19.7 Å². The zero-order valence-electron chi connectivity index (χ0n) is 17.3. The third-order valence-corrected chi connectivity index (χ3v) is 4.70. The van der Waals surface area contributed by atoms with Crippen LogP contribution in [0, 0.1) is 17.1 Å². The third-order valence-electron chi connectivity index (χ3n) is 4.70. The molecule has 1 amide bonds. The van der Waals surface area contributed by atoms with E-state index in [2.05, 4.69) is 6.07 Å². The highest BCUT2D eigenvalue weighted by Gasteiger charge is 2.40. The first-order chi connectivity index (χ1) is 13.6. The van der Waals surface area contributed by atoms with Crippen LogP contribution < -0.4 is 0 Å². The number of likely N-dealkylation sites (tertiary alicyclic amines) is 1. The molecule has 2 rings (SSSR count). The fourth-order valence-electron chi connectivity index (χ4n) is 3.28. The van der Waals surface area contributed by atoms with Crippen LogP contribution in [0.15, 0.2) is 24.3 Å². The molecule has 0 unspecified atom stereocenters. The number of hydrogen-bond donors (Lipinski definition) is 0. The Morgan fingerprint density at radius 3 is 2.52 bits per heavy atom. The summed E-state index contributed by atoms with van der Waals surface area (Å²) in [6, 6.07) is 6.49. The molecular formula is C22H27FN2O4. The Labute approximate surface area is 170 Å². The quantitative estimate of drug-likeness (QED) is 0.557. The Morgan fingerprint density at radius 2 is 1.97 bits per heavy atom. The first-order valence-electron chi connectivity index (χ1n) is 9.64. The van der Waals surface area contributed by atoms with Gasteiger partial charge in [0, 0.05) is 19.2 Å². The second-order valence-electron chi connectivity index (χ2n) is 7.98. The molecule has 1 aliphatic heterocycles. The SMILES string of the molecule is CCOC(=O)/C=C/c1ccc(F)cc1C1(C#N)CCN(C(=O)OC(C)(C)C)CC1. The minimum atomic E-state index is -0.963. The van der Waals surface area contributed by atoms with E-state index in [9.17, 15) is 19.2 Å². The van der Waals surface area contributed by atoms with Crippen LogP contribution in [0.4, 0.5) is 9.18 Å². The molecule has 1 fully saturated rings. The van der Waals surface area contributed by atoms with Gasteiger partial charge in [0.15, 0.2) is 0 Å². The van der Waals surface area contributed by atoms with Gasteiger partial charge >= 0.3 is 12.1 Å². The van der Waals surface area contributed by atoms with Gasteiger partial charge in [-0.15, -0.1) is 0 Å². The fourth-order valence-corrected chi connectivity index (χ4v) is 3.28. The lowest BCUT2D eigenvalue weighted by Crippen LogP contribution is -2.46. The second-order valence-corrected chi connectivity index (χ2v) is 7.98. The molecule has 1 aliphatic rings. The Hall–Kier alpha value is -2.88. The van der Waals surface area contributed by atoms with Crippen LogP contribution in [0.3, 0.4) is 0 Å². The zero-order chi connectivity index (χ0) is 21.7.